The van der Waals surface area contributed by atoms with Crippen LogP contribution in [0.15, 0.2) is 18.2 Å². The Balaban J connectivity index is 1.35. The van der Waals surface area contributed by atoms with Crippen molar-refractivity contribution in [3.05, 3.63) is 18.2 Å². The van der Waals surface area contributed by atoms with Gasteiger partial charge in [0.25, 0.3) is 0 Å². The molecule has 2 N–H and O–H groups in total. The Bertz CT molecular complexity index is 548. The molecule has 0 spiro atoms. The molecule has 1 aromatic carbocycles. The number of rotatable bonds is 5. The normalized spacial score (nSPS) is 23.4. The molecule has 3 fully saturated rings. The van der Waals surface area contributed by atoms with Crippen molar-refractivity contribution in [1.82, 2.24) is 4.90 Å². The zero-order valence-corrected chi connectivity index (χ0v) is 14.5. The lowest BCUT2D eigenvalue weighted by atomic mass is 10.0. The molecule has 1 aliphatic carbocycles. The molecule has 2 heterocycles. The average molecular weight is 331 g/mol. The zero-order chi connectivity index (χ0) is 16.4. The van der Waals surface area contributed by atoms with E-state index in [2.05, 4.69) is 21.9 Å². The summed E-state index contributed by atoms with van der Waals surface area (Å²) in [4.78, 5) is 5.08. The molecule has 0 radical (unpaired) electrons. The predicted molar refractivity (Wildman–Crippen MR) is 96.7 cm³/mol. The minimum atomic E-state index is 0.713. The highest BCUT2D eigenvalue weighted by Crippen LogP contribution is 2.33. The second-order valence-electron chi connectivity index (χ2n) is 7.34. The van der Waals surface area contributed by atoms with E-state index >= 15 is 0 Å². The first-order valence-corrected chi connectivity index (χ1v) is 9.38. The Hall–Kier alpha value is -1.46. The highest BCUT2D eigenvalue weighted by atomic mass is 16.5. The maximum Gasteiger partial charge on any atom is 0.144 e. The third kappa shape index (κ3) is 3.78. The monoisotopic (exact) mass is 331 g/mol. The number of piperidine rings is 1. The summed E-state index contributed by atoms with van der Waals surface area (Å²) >= 11 is 0. The van der Waals surface area contributed by atoms with Gasteiger partial charge in [-0.1, -0.05) is 0 Å². The minimum Gasteiger partial charge on any atom is -0.491 e. The number of hydrogen-bond donors (Lipinski definition) is 1. The van der Waals surface area contributed by atoms with E-state index < -0.39 is 0 Å². The van der Waals surface area contributed by atoms with Crippen LogP contribution in [0.5, 0.6) is 5.75 Å². The molecule has 24 heavy (non-hydrogen) atoms. The Labute approximate surface area is 144 Å². The number of morpholine rings is 1. The number of anilines is 2. The van der Waals surface area contributed by atoms with Crippen LogP contribution < -0.4 is 15.4 Å². The van der Waals surface area contributed by atoms with Crippen molar-refractivity contribution in [1.29, 1.82) is 0 Å². The SMILES string of the molecule is Nc1ccc(N2CCC(N3CCOCC3)CC2)cc1OCC1CC1. The summed E-state index contributed by atoms with van der Waals surface area (Å²) in [5.74, 6) is 1.60. The van der Waals surface area contributed by atoms with Crippen LogP contribution in [0.25, 0.3) is 0 Å². The second-order valence-corrected chi connectivity index (χ2v) is 7.34. The van der Waals surface area contributed by atoms with Crippen LogP contribution in [0, 0.1) is 5.92 Å². The molecule has 0 amide bonds. The van der Waals surface area contributed by atoms with Gasteiger partial charge in [-0.25, -0.2) is 0 Å². The van der Waals surface area contributed by atoms with E-state index in [0.29, 0.717) is 6.04 Å². The predicted octanol–water partition coefficient (Wildman–Crippen LogP) is 2.36. The first-order valence-electron chi connectivity index (χ1n) is 9.38. The molecule has 4 rings (SSSR count). The van der Waals surface area contributed by atoms with Gasteiger partial charge in [0, 0.05) is 44.0 Å². The number of hydrogen-bond acceptors (Lipinski definition) is 5. The summed E-state index contributed by atoms with van der Waals surface area (Å²) in [6.45, 7) is 6.98. The van der Waals surface area contributed by atoms with E-state index in [0.717, 1.165) is 63.4 Å². The van der Waals surface area contributed by atoms with Crippen molar-refractivity contribution in [2.75, 3.05) is 56.6 Å². The quantitative estimate of drug-likeness (QED) is 0.840. The largest absolute Gasteiger partial charge is 0.491 e. The molecule has 0 aromatic heterocycles. The highest BCUT2D eigenvalue weighted by Gasteiger charge is 2.26. The van der Waals surface area contributed by atoms with Gasteiger partial charge in [-0.05, 0) is 43.7 Å². The Morgan fingerprint density at radius 3 is 2.50 bits per heavy atom. The number of nitrogens with two attached hydrogens (primary N) is 1. The van der Waals surface area contributed by atoms with Crippen LogP contribution in [-0.2, 0) is 4.74 Å². The fourth-order valence-corrected chi connectivity index (χ4v) is 3.77. The van der Waals surface area contributed by atoms with Crippen molar-refractivity contribution < 1.29 is 9.47 Å². The molecule has 0 bridgehead atoms. The minimum absolute atomic E-state index is 0.713. The van der Waals surface area contributed by atoms with Gasteiger partial charge >= 0.3 is 0 Å². The van der Waals surface area contributed by atoms with Gasteiger partial charge in [-0.2, -0.15) is 0 Å². The van der Waals surface area contributed by atoms with Crippen LogP contribution in [0.4, 0.5) is 11.4 Å². The maximum atomic E-state index is 6.08. The number of benzene rings is 1. The lowest BCUT2D eigenvalue weighted by molar-refractivity contribution is 0.0115. The first-order chi connectivity index (χ1) is 11.8. The fraction of sp³-hybridized carbons (Fsp3) is 0.684. The van der Waals surface area contributed by atoms with E-state index in [9.17, 15) is 0 Å². The summed E-state index contributed by atoms with van der Waals surface area (Å²) in [5.41, 5.74) is 8.08. The lowest BCUT2D eigenvalue weighted by Crippen LogP contribution is -2.49. The van der Waals surface area contributed by atoms with E-state index in [-0.39, 0.29) is 0 Å². The smallest absolute Gasteiger partial charge is 0.144 e. The van der Waals surface area contributed by atoms with Gasteiger partial charge in [0.2, 0.25) is 0 Å². The molecule has 2 aliphatic heterocycles. The van der Waals surface area contributed by atoms with Crippen LogP contribution in [0.1, 0.15) is 25.7 Å². The first kappa shape index (κ1) is 16.0. The van der Waals surface area contributed by atoms with Gasteiger partial charge < -0.3 is 20.1 Å². The molecule has 5 nitrogen and oxygen atoms in total. The molecule has 5 heteroatoms. The van der Waals surface area contributed by atoms with Crippen molar-refractivity contribution in [3.8, 4) is 5.75 Å². The van der Waals surface area contributed by atoms with Crippen LogP contribution in [0.3, 0.4) is 0 Å². The molecule has 1 aromatic rings. The summed E-state index contributed by atoms with van der Waals surface area (Å²) in [6.07, 6.45) is 5.05. The highest BCUT2D eigenvalue weighted by molar-refractivity contribution is 5.62. The zero-order valence-electron chi connectivity index (χ0n) is 14.5. The van der Waals surface area contributed by atoms with Crippen molar-refractivity contribution in [2.45, 2.75) is 31.7 Å². The standard InChI is InChI=1S/C19H29N3O2/c20-18-4-3-17(13-19(18)24-14-15-1-2-15)21-7-5-16(6-8-21)22-9-11-23-12-10-22/h3-4,13,15-16H,1-2,5-12,14,20H2. The molecule has 1 saturated carbocycles. The maximum absolute atomic E-state index is 6.08. The topological polar surface area (TPSA) is 51.0 Å². The molecule has 0 unspecified atom stereocenters. The second kappa shape index (κ2) is 7.19. The van der Waals surface area contributed by atoms with E-state index in [1.165, 1.54) is 31.4 Å². The van der Waals surface area contributed by atoms with Gasteiger partial charge in [0.1, 0.15) is 5.75 Å². The molecular formula is C19H29N3O2. The van der Waals surface area contributed by atoms with Gasteiger partial charge in [0.05, 0.1) is 25.5 Å². The van der Waals surface area contributed by atoms with Crippen LogP contribution >= 0.6 is 0 Å². The van der Waals surface area contributed by atoms with Gasteiger partial charge in [-0.3, -0.25) is 4.90 Å². The number of ether oxygens (including phenoxy) is 2. The van der Waals surface area contributed by atoms with E-state index in [1.807, 2.05) is 6.07 Å². The Morgan fingerprint density at radius 1 is 1.04 bits per heavy atom. The van der Waals surface area contributed by atoms with E-state index in [4.69, 9.17) is 15.2 Å². The molecule has 3 aliphatic rings. The lowest BCUT2D eigenvalue weighted by Gasteiger charge is -2.40. The van der Waals surface area contributed by atoms with Crippen molar-refractivity contribution in [2.24, 2.45) is 5.92 Å². The third-order valence-corrected chi connectivity index (χ3v) is 5.56. The molecule has 0 atom stereocenters. The molecule has 2 saturated heterocycles. The summed E-state index contributed by atoms with van der Waals surface area (Å²) in [6, 6.07) is 6.97. The summed E-state index contributed by atoms with van der Waals surface area (Å²) in [5, 5.41) is 0. The number of nitrogens with zero attached hydrogens (tertiary/aromatic N) is 2. The number of nitrogen functional groups attached to an aromatic ring is 1. The molecule has 132 valence electrons. The van der Waals surface area contributed by atoms with Crippen LogP contribution in [-0.4, -0.2) is 56.9 Å². The Morgan fingerprint density at radius 2 is 1.79 bits per heavy atom. The van der Waals surface area contributed by atoms with Crippen molar-refractivity contribution >= 4 is 11.4 Å². The third-order valence-electron chi connectivity index (χ3n) is 5.56. The Kier molecular flexibility index (Phi) is 4.81. The summed E-state index contributed by atoms with van der Waals surface area (Å²) in [7, 11) is 0. The van der Waals surface area contributed by atoms with Gasteiger partial charge in [0.15, 0.2) is 0 Å². The van der Waals surface area contributed by atoms with Crippen molar-refractivity contribution in [3.63, 3.8) is 0 Å². The van der Waals surface area contributed by atoms with Crippen LogP contribution in [0.2, 0.25) is 0 Å². The van der Waals surface area contributed by atoms with E-state index in [1.54, 1.807) is 0 Å². The fourth-order valence-electron chi connectivity index (χ4n) is 3.77. The van der Waals surface area contributed by atoms with Gasteiger partial charge in [-0.15, -0.1) is 0 Å². The average Bonchev–Trinajstić information content (AvgIpc) is 3.46. The summed E-state index contributed by atoms with van der Waals surface area (Å²) < 4.78 is 11.4. The molecular weight excluding hydrogens is 302 g/mol.